The van der Waals surface area contributed by atoms with Gasteiger partial charge in [-0.15, -0.1) is 0 Å². The van der Waals surface area contributed by atoms with Crippen molar-refractivity contribution < 1.29 is 29.0 Å². The van der Waals surface area contributed by atoms with Crippen molar-refractivity contribution >= 4 is 67.3 Å². The van der Waals surface area contributed by atoms with Crippen LogP contribution in [-0.4, -0.2) is 118 Å². The Bertz CT molecular complexity index is 1880. The van der Waals surface area contributed by atoms with Crippen molar-refractivity contribution in [1.29, 1.82) is 0 Å². The van der Waals surface area contributed by atoms with E-state index in [4.69, 9.17) is 10.5 Å². The molecule has 0 aliphatic carbocycles. The van der Waals surface area contributed by atoms with Crippen LogP contribution in [0.2, 0.25) is 0 Å². The van der Waals surface area contributed by atoms with E-state index in [9.17, 15) is 19.5 Å². The van der Waals surface area contributed by atoms with Gasteiger partial charge in [-0.3, -0.25) is 19.9 Å². The van der Waals surface area contributed by atoms with Crippen LogP contribution in [0.1, 0.15) is 43.2 Å². The molecule has 4 aliphatic heterocycles. The molecule has 4 aliphatic rings. The van der Waals surface area contributed by atoms with E-state index in [1.165, 1.54) is 4.90 Å². The second-order valence-corrected chi connectivity index (χ2v) is 16.3. The topological polar surface area (TPSA) is 187 Å². The summed E-state index contributed by atoms with van der Waals surface area (Å²) in [6.45, 7) is 4.02. The zero-order valence-electron chi connectivity index (χ0n) is 30.3. The number of benzene rings is 1. The molecule has 15 nitrogen and oxygen atoms in total. The standard InChI is InChI=1S/C38H45Br2N9O6/c39-28-20-25(21-29(40)32(28)50)23-30(33(41)51)49(37(54)48-14-7-38(8-15-48)27-2-1-9-44-34(27)45-36(53)55-38)31(22-24-3-10-42-11-4-24)35(52)47-18-16-46(17-19-47)26-5-12-43-13-6-26/h1-2,5-6,9,12-13,20-21,24,30-31,42,50H,3-4,7-8,10-11,14-19,22-23H2,(H2,41,51)(H,44,45,53)/t30-,31-/m1/s1. The number of hydrogen-bond donors (Lipinski definition) is 4. The molecule has 1 aromatic carbocycles. The van der Waals surface area contributed by atoms with Gasteiger partial charge >= 0.3 is 12.1 Å². The number of halogens is 2. The Kier molecular flexibility index (Phi) is 11.8. The van der Waals surface area contributed by atoms with Crippen molar-refractivity contribution in [3.63, 3.8) is 0 Å². The Morgan fingerprint density at radius 3 is 2.29 bits per heavy atom. The summed E-state index contributed by atoms with van der Waals surface area (Å²) in [5.74, 6) is -0.426. The van der Waals surface area contributed by atoms with E-state index in [2.05, 4.69) is 57.4 Å². The Morgan fingerprint density at radius 1 is 0.964 bits per heavy atom. The van der Waals surface area contributed by atoms with Crippen LogP contribution in [0, 0.1) is 5.92 Å². The lowest BCUT2D eigenvalue weighted by Gasteiger charge is -2.47. The van der Waals surface area contributed by atoms with Crippen LogP contribution in [0.25, 0.3) is 0 Å². The van der Waals surface area contributed by atoms with E-state index in [0.717, 1.165) is 37.2 Å². The molecule has 5 amide bonds. The molecule has 2 atom stereocenters. The van der Waals surface area contributed by atoms with E-state index < -0.39 is 35.7 Å². The van der Waals surface area contributed by atoms with Crippen LogP contribution in [-0.2, 0) is 26.3 Å². The number of nitrogens with two attached hydrogens (primary N) is 1. The molecular formula is C38H45Br2N9O6. The van der Waals surface area contributed by atoms with Crippen molar-refractivity contribution in [3.05, 3.63) is 75.1 Å². The number of carbonyl (C=O) groups is 4. The van der Waals surface area contributed by atoms with Gasteiger partial charge in [0.25, 0.3) is 0 Å². The minimum Gasteiger partial charge on any atom is -0.506 e. The van der Waals surface area contributed by atoms with Gasteiger partial charge in [-0.25, -0.2) is 14.6 Å². The first-order valence-corrected chi connectivity index (χ1v) is 20.2. The molecule has 55 heavy (non-hydrogen) atoms. The summed E-state index contributed by atoms with van der Waals surface area (Å²) in [7, 11) is 0. The van der Waals surface area contributed by atoms with Crippen molar-refractivity contribution in [2.24, 2.45) is 11.7 Å². The first-order chi connectivity index (χ1) is 26.5. The van der Waals surface area contributed by atoms with Crippen LogP contribution in [0.4, 0.5) is 21.1 Å². The third-order valence-electron chi connectivity index (χ3n) is 11.3. The van der Waals surface area contributed by atoms with Crippen molar-refractivity contribution in [2.45, 2.75) is 56.2 Å². The Hall–Kier alpha value is -4.48. The first-order valence-electron chi connectivity index (χ1n) is 18.7. The minimum atomic E-state index is -1.21. The molecule has 5 N–H and O–H groups in total. The number of nitrogens with zero attached hydrogens (tertiary/aromatic N) is 6. The number of hydrogen-bond acceptors (Lipinski definition) is 10. The number of rotatable bonds is 9. The average molecular weight is 884 g/mol. The molecule has 6 heterocycles. The predicted molar refractivity (Wildman–Crippen MR) is 211 cm³/mol. The lowest BCUT2D eigenvalue weighted by atomic mass is 9.83. The highest BCUT2D eigenvalue weighted by Crippen LogP contribution is 2.43. The molecule has 1 spiro atoms. The number of pyridine rings is 2. The number of urea groups is 1. The van der Waals surface area contributed by atoms with E-state index in [-0.39, 0.29) is 37.1 Å². The van der Waals surface area contributed by atoms with Gasteiger partial charge < -0.3 is 40.5 Å². The molecule has 0 saturated carbocycles. The lowest BCUT2D eigenvalue weighted by molar-refractivity contribution is -0.139. The van der Waals surface area contributed by atoms with Gasteiger partial charge in [0.1, 0.15) is 29.3 Å². The summed E-state index contributed by atoms with van der Waals surface area (Å²) in [6, 6.07) is 8.23. The number of piperidine rings is 2. The maximum absolute atomic E-state index is 15.2. The van der Waals surface area contributed by atoms with Crippen LogP contribution >= 0.6 is 31.9 Å². The van der Waals surface area contributed by atoms with E-state index >= 15 is 4.79 Å². The summed E-state index contributed by atoms with van der Waals surface area (Å²) in [5, 5.41) is 16.5. The number of anilines is 2. The number of likely N-dealkylation sites (tertiary alicyclic amines) is 1. The highest BCUT2D eigenvalue weighted by molar-refractivity contribution is 9.11. The predicted octanol–water partition coefficient (Wildman–Crippen LogP) is 4.19. The Balaban J connectivity index is 1.22. The van der Waals surface area contributed by atoms with Gasteiger partial charge in [0, 0.05) is 88.4 Å². The summed E-state index contributed by atoms with van der Waals surface area (Å²) in [6.07, 6.45) is 7.07. The maximum atomic E-state index is 15.2. The molecule has 17 heteroatoms. The molecule has 7 rings (SSSR count). The smallest absolute Gasteiger partial charge is 0.413 e. The van der Waals surface area contributed by atoms with Crippen LogP contribution in [0.15, 0.2) is 63.9 Å². The van der Waals surface area contributed by atoms with E-state index in [1.54, 1.807) is 46.6 Å². The number of phenolic OH excluding ortho intramolecular Hbond substituents is 1. The number of aromatic nitrogens is 2. The number of primary amides is 1. The van der Waals surface area contributed by atoms with Gasteiger partial charge in [-0.05, 0) is 112 Å². The van der Waals surface area contributed by atoms with Crippen LogP contribution in [0.3, 0.4) is 0 Å². The van der Waals surface area contributed by atoms with Crippen LogP contribution < -0.4 is 21.3 Å². The first kappa shape index (κ1) is 38.8. The monoisotopic (exact) mass is 881 g/mol. The summed E-state index contributed by atoms with van der Waals surface area (Å²) in [4.78, 5) is 72.1. The third kappa shape index (κ3) is 8.38. The highest BCUT2D eigenvalue weighted by atomic mass is 79.9. The van der Waals surface area contributed by atoms with Gasteiger partial charge in [0.05, 0.1) is 8.95 Å². The molecule has 292 valence electrons. The zero-order valence-corrected chi connectivity index (χ0v) is 33.5. The molecular weight excluding hydrogens is 838 g/mol. The largest absolute Gasteiger partial charge is 0.506 e. The number of amides is 5. The zero-order chi connectivity index (χ0) is 38.7. The van der Waals surface area contributed by atoms with Gasteiger partial charge in [0.2, 0.25) is 11.8 Å². The molecule has 2 aromatic heterocycles. The fraction of sp³-hybridized carbons (Fsp3) is 0.474. The fourth-order valence-corrected chi connectivity index (χ4v) is 9.60. The minimum absolute atomic E-state index is 0.00445. The number of nitrogens with one attached hydrogen (secondary N) is 2. The SMILES string of the molecule is NC(=O)[C@@H](Cc1cc(Br)c(O)c(Br)c1)N(C(=O)N1CCC2(CC1)OC(=O)Nc1ncccc12)[C@H](CC1CCNCC1)C(=O)N1CCN(c2ccncc2)CC1. The Morgan fingerprint density at radius 2 is 1.64 bits per heavy atom. The summed E-state index contributed by atoms with van der Waals surface area (Å²) >= 11 is 6.78. The number of aromatic hydroxyl groups is 1. The van der Waals surface area contributed by atoms with E-state index in [1.807, 2.05) is 18.2 Å². The average Bonchev–Trinajstić information content (AvgIpc) is 3.20. The van der Waals surface area contributed by atoms with E-state index in [0.29, 0.717) is 65.8 Å². The fourth-order valence-electron chi connectivity index (χ4n) is 8.32. The van der Waals surface area contributed by atoms with Gasteiger partial charge in [-0.1, -0.05) is 0 Å². The van der Waals surface area contributed by atoms with Gasteiger partial charge in [0.15, 0.2) is 0 Å². The second-order valence-electron chi connectivity index (χ2n) is 14.6. The molecule has 3 fully saturated rings. The van der Waals surface area contributed by atoms with Gasteiger partial charge in [-0.2, -0.15) is 0 Å². The number of carbonyl (C=O) groups excluding carboxylic acids is 4. The maximum Gasteiger partial charge on any atom is 0.413 e. The molecule has 0 bridgehead atoms. The van der Waals surface area contributed by atoms with Crippen molar-refractivity contribution in [2.75, 3.05) is 62.6 Å². The normalized spacial score (nSPS) is 19.5. The third-order valence-corrected chi connectivity index (χ3v) is 12.5. The Labute approximate surface area is 336 Å². The number of ether oxygens (including phenoxy) is 1. The summed E-state index contributed by atoms with van der Waals surface area (Å²) < 4.78 is 6.72. The number of fused-ring (bicyclic) bond motifs is 2. The molecule has 3 saturated heterocycles. The molecule has 0 radical (unpaired) electrons. The highest BCUT2D eigenvalue weighted by Gasteiger charge is 2.48. The van der Waals surface area contributed by atoms with Crippen molar-refractivity contribution in [1.82, 2.24) is 30.0 Å². The quantitative estimate of drug-likeness (QED) is 0.243. The molecule has 0 unspecified atom stereocenters. The second kappa shape index (κ2) is 16.7. The molecule has 3 aromatic rings. The number of piperazine rings is 1. The summed E-state index contributed by atoms with van der Waals surface area (Å²) in [5.41, 5.74) is 7.63. The lowest BCUT2D eigenvalue weighted by Crippen LogP contribution is -2.64. The number of phenols is 1. The van der Waals surface area contributed by atoms with Crippen LogP contribution in [0.5, 0.6) is 5.75 Å². The van der Waals surface area contributed by atoms with Crippen molar-refractivity contribution in [3.8, 4) is 5.75 Å².